The lowest BCUT2D eigenvalue weighted by atomic mass is 9.81. The number of hydrogen-bond acceptors (Lipinski definition) is 2. The van der Waals surface area contributed by atoms with Crippen LogP contribution in [0.2, 0.25) is 0 Å². The van der Waals surface area contributed by atoms with Gasteiger partial charge in [-0.2, -0.15) is 0 Å². The molecule has 0 atom stereocenters. The fourth-order valence-corrected chi connectivity index (χ4v) is 2.37. The summed E-state index contributed by atoms with van der Waals surface area (Å²) >= 11 is 0. The Labute approximate surface area is 109 Å². The van der Waals surface area contributed by atoms with Crippen LogP contribution in [0.15, 0.2) is 0 Å². The van der Waals surface area contributed by atoms with Crippen molar-refractivity contribution in [3.05, 3.63) is 0 Å². The lowest BCUT2D eigenvalue weighted by Crippen LogP contribution is -2.55. The van der Waals surface area contributed by atoms with Gasteiger partial charge in [-0.15, -0.1) is 0 Å². The van der Waals surface area contributed by atoms with E-state index in [4.69, 9.17) is 0 Å². The summed E-state index contributed by atoms with van der Waals surface area (Å²) in [4.78, 5) is 23.3. The maximum atomic E-state index is 11.9. The molecular formula is C14H25NO3. The van der Waals surface area contributed by atoms with E-state index in [0.717, 1.165) is 25.7 Å². The van der Waals surface area contributed by atoms with Crippen LogP contribution in [0.3, 0.4) is 0 Å². The molecular weight excluding hydrogens is 230 g/mol. The summed E-state index contributed by atoms with van der Waals surface area (Å²) in [5.41, 5.74) is -0.909. The highest BCUT2D eigenvalue weighted by Crippen LogP contribution is 2.29. The number of amides is 1. The highest BCUT2D eigenvalue weighted by molar-refractivity contribution is 5.87. The van der Waals surface area contributed by atoms with Gasteiger partial charge < -0.3 is 10.4 Å². The van der Waals surface area contributed by atoms with Gasteiger partial charge in [-0.1, -0.05) is 40.0 Å². The first-order chi connectivity index (χ1) is 8.25. The first-order valence-electron chi connectivity index (χ1n) is 6.80. The molecule has 0 saturated heterocycles. The SMILES string of the molecule is CC(C)(C)CCC(=O)NC1(C(=O)O)CCCCC1. The Balaban J connectivity index is 2.56. The molecule has 0 heterocycles. The van der Waals surface area contributed by atoms with Crippen molar-refractivity contribution in [1.29, 1.82) is 0 Å². The molecule has 0 aromatic carbocycles. The standard InChI is InChI=1S/C14H25NO3/c1-13(2,3)10-7-11(16)15-14(12(17)18)8-5-4-6-9-14/h4-10H2,1-3H3,(H,15,16)(H,17,18). The average Bonchev–Trinajstić information content (AvgIpc) is 2.26. The van der Waals surface area contributed by atoms with E-state index >= 15 is 0 Å². The molecule has 0 aromatic rings. The molecule has 2 N–H and O–H groups in total. The van der Waals surface area contributed by atoms with Crippen LogP contribution in [0.1, 0.15) is 65.7 Å². The second-order valence-corrected chi connectivity index (χ2v) is 6.56. The highest BCUT2D eigenvalue weighted by atomic mass is 16.4. The first-order valence-corrected chi connectivity index (χ1v) is 6.80. The molecule has 4 nitrogen and oxygen atoms in total. The van der Waals surface area contributed by atoms with E-state index in [-0.39, 0.29) is 11.3 Å². The van der Waals surface area contributed by atoms with Gasteiger partial charge in [0.15, 0.2) is 0 Å². The molecule has 104 valence electrons. The van der Waals surface area contributed by atoms with Gasteiger partial charge in [-0.25, -0.2) is 4.79 Å². The molecule has 1 aliphatic carbocycles. The van der Waals surface area contributed by atoms with Gasteiger partial charge in [0.2, 0.25) is 5.91 Å². The van der Waals surface area contributed by atoms with Crippen molar-refractivity contribution in [1.82, 2.24) is 5.32 Å². The summed E-state index contributed by atoms with van der Waals surface area (Å²) in [6.07, 6.45) is 5.12. The zero-order chi connectivity index (χ0) is 13.8. The summed E-state index contributed by atoms with van der Waals surface area (Å²) < 4.78 is 0. The van der Waals surface area contributed by atoms with Crippen LogP contribution in [0.25, 0.3) is 0 Å². The van der Waals surface area contributed by atoms with Crippen LogP contribution in [0, 0.1) is 5.41 Å². The third-order valence-corrected chi connectivity index (χ3v) is 3.60. The van der Waals surface area contributed by atoms with E-state index in [2.05, 4.69) is 26.1 Å². The Bertz CT molecular complexity index is 311. The number of aliphatic carboxylic acids is 1. The Morgan fingerprint density at radius 3 is 2.17 bits per heavy atom. The molecule has 0 aliphatic heterocycles. The van der Waals surface area contributed by atoms with Crippen LogP contribution in [0.4, 0.5) is 0 Å². The number of carbonyl (C=O) groups excluding carboxylic acids is 1. The van der Waals surface area contributed by atoms with Crippen LogP contribution in [-0.2, 0) is 9.59 Å². The average molecular weight is 255 g/mol. The monoisotopic (exact) mass is 255 g/mol. The van der Waals surface area contributed by atoms with E-state index in [0.29, 0.717) is 19.3 Å². The fraction of sp³-hybridized carbons (Fsp3) is 0.857. The number of nitrogens with one attached hydrogen (secondary N) is 1. The minimum atomic E-state index is -1.01. The first kappa shape index (κ1) is 15.0. The van der Waals surface area contributed by atoms with Gasteiger partial charge in [-0.05, 0) is 24.7 Å². The van der Waals surface area contributed by atoms with Crippen molar-refractivity contribution < 1.29 is 14.7 Å². The van der Waals surface area contributed by atoms with Gasteiger partial charge in [0.1, 0.15) is 5.54 Å². The largest absolute Gasteiger partial charge is 0.480 e. The number of carbonyl (C=O) groups is 2. The van der Waals surface area contributed by atoms with Crippen molar-refractivity contribution >= 4 is 11.9 Å². The minimum absolute atomic E-state index is 0.0975. The van der Waals surface area contributed by atoms with Crippen LogP contribution >= 0.6 is 0 Å². The Kier molecular flexibility index (Phi) is 4.77. The van der Waals surface area contributed by atoms with Crippen molar-refractivity contribution in [2.75, 3.05) is 0 Å². The number of rotatable bonds is 4. The molecule has 0 aromatic heterocycles. The molecule has 4 heteroatoms. The lowest BCUT2D eigenvalue weighted by molar-refractivity contribution is -0.149. The summed E-state index contributed by atoms with van der Waals surface area (Å²) in [5.74, 6) is -1.01. The second kappa shape index (κ2) is 5.72. The van der Waals surface area contributed by atoms with E-state index in [1.54, 1.807) is 0 Å². The molecule has 0 bridgehead atoms. The van der Waals surface area contributed by atoms with Crippen molar-refractivity contribution in [2.45, 2.75) is 71.3 Å². The summed E-state index contributed by atoms with van der Waals surface area (Å²) in [6.45, 7) is 6.23. The molecule has 1 fully saturated rings. The van der Waals surface area contributed by atoms with Crippen LogP contribution in [-0.4, -0.2) is 22.5 Å². The molecule has 18 heavy (non-hydrogen) atoms. The third kappa shape index (κ3) is 4.31. The van der Waals surface area contributed by atoms with Gasteiger partial charge in [-0.3, -0.25) is 4.79 Å². The topological polar surface area (TPSA) is 66.4 Å². The molecule has 0 radical (unpaired) electrons. The summed E-state index contributed by atoms with van der Waals surface area (Å²) in [6, 6.07) is 0. The normalized spacial score (nSPS) is 19.3. The third-order valence-electron chi connectivity index (χ3n) is 3.60. The fourth-order valence-electron chi connectivity index (χ4n) is 2.37. The van der Waals surface area contributed by atoms with Gasteiger partial charge >= 0.3 is 5.97 Å². The zero-order valence-electron chi connectivity index (χ0n) is 11.7. The van der Waals surface area contributed by atoms with E-state index < -0.39 is 11.5 Å². The van der Waals surface area contributed by atoms with Crippen molar-refractivity contribution in [2.24, 2.45) is 5.41 Å². The number of hydrogen-bond donors (Lipinski definition) is 2. The second-order valence-electron chi connectivity index (χ2n) is 6.56. The zero-order valence-corrected chi connectivity index (χ0v) is 11.7. The molecule has 1 rings (SSSR count). The highest BCUT2D eigenvalue weighted by Gasteiger charge is 2.40. The summed E-state index contributed by atoms with van der Waals surface area (Å²) in [5, 5.41) is 12.1. The Hall–Kier alpha value is -1.06. The lowest BCUT2D eigenvalue weighted by Gasteiger charge is -2.34. The van der Waals surface area contributed by atoms with E-state index in [1.807, 2.05) is 0 Å². The smallest absolute Gasteiger partial charge is 0.329 e. The maximum absolute atomic E-state index is 11.9. The predicted molar refractivity (Wildman–Crippen MR) is 70.3 cm³/mol. The summed E-state index contributed by atoms with van der Waals surface area (Å²) in [7, 11) is 0. The minimum Gasteiger partial charge on any atom is -0.480 e. The molecule has 0 unspecified atom stereocenters. The molecule has 0 spiro atoms. The quantitative estimate of drug-likeness (QED) is 0.811. The molecule has 1 amide bonds. The number of carboxylic acids is 1. The van der Waals surface area contributed by atoms with Gasteiger partial charge in [0.05, 0.1) is 0 Å². The molecule has 1 saturated carbocycles. The Morgan fingerprint density at radius 1 is 1.17 bits per heavy atom. The van der Waals surface area contributed by atoms with E-state index in [9.17, 15) is 14.7 Å². The molecule has 1 aliphatic rings. The predicted octanol–water partition coefficient (Wildman–Crippen LogP) is 2.72. The Morgan fingerprint density at radius 2 is 1.72 bits per heavy atom. The van der Waals surface area contributed by atoms with Gasteiger partial charge in [0, 0.05) is 6.42 Å². The van der Waals surface area contributed by atoms with Crippen LogP contribution in [0.5, 0.6) is 0 Å². The number of carboxylic acid groups (broad SMARTS) is 1. The van der Waals surface area contributed by atoms with Crippen LogP contribution < -0.4 is 5.32 Å². The van der Waals surface area contributed by atoms with Crippen molar-refractivity contribution in [3.8, 4) is 0 Å². The van der Waals surface area contributed by atoms with E-state index in [1.165, 1.54) is 0 Å². The maximum Gasteiger partial charge on any atom is 0.329 e. The van der Waals surface area contributed by atoms with Crippen molar-refractivity contribution in [3.63, 3.8) is 0 Å². The van der Waals surface area contributed by atoms with Gasteiger partial charge in [0.25, 0.3) is 0 Å².